The molecule has 2 aromatic heterocycles. The molecule has 23 heavy (non-hydrogen) atoms. The van der Waals surface area contributed by atoms with E-state index in [0.717, 1.165) is 43.4 Å². The fourth-order valence-corrected chi connectivity index (χ4v) is 3.16. The van der Waals surface area contributed by atoms with Crippen molar-refractivity contribution in [2.75, 3.05) is 37.0 Å². The zero-order chi connectivity index (χ0) is 16.4. The second-order valence-corrected chi connectivity index (χ2v) is 5.99. The highest BCUT2D eigenvalue weighted by atomic mass is 16.1. The molecule has 8 heteroatoms. The van der Waals surface area contributed by atoms with Crippen molar-refractivity contribution in [1.29, 1.82) is 0 Å². The third kappa shape index (κ3) is 2.93. The molecule has 0 saturated carbocycles. The van der Waals surface area contributed by atoms with Crippen molar-refractivity contribution in [3.63, 3.8) is 0 Å². The molecule has 124 valence electrons. The lowest BCUT2D eigenvalue weighted by Gasteiger charge is -2.33. The van der Waals surface area contributed by atoms with Gasteiger partial charge in [-0.05, 0) is 19.8 Å². The van der Waals surface area contributed by atoms with Crippen molar-refractivity contribution in [1.82, 2.24) is 24.7 Å². The van der Waals surface area contributed by atoms with Crippen LogP contribution in [0.25, 0.3) is 0 Å². The summed E-state index contributed by atoms with van der Waals surface area (Å²) in [6, 6.07) is 0. The third-order valence-electron chi connectivity index (χ3n) is 4.35. The van der Waals surface area contributed by atoms with Gasteiger partial charge in [-0.3, -0.25) is 4.57 Å². The van der Waals surface area contributed by atoms with Crippen LogP contribution in [0.3, 0.4) is 0 Å². The van der Waals surface area contributed by atoms with Gasteiger partial charge in [-0.15, -0.1) is 0 Å². The van der Waals surface area contributed by atoms with E-state index >= 15 is 0 Å². The maximum atomic E-state index is 11.7. The maximum Gasteiger partial charge on any atom is 0.343 e. The first-order valence-electron chi connectivity index (χ1n) is 8.00. The number of hydrogen-bond donors (Lipinski definition) is 1. The van der Waals surface area contributed by atoms with Crippen molar-refractivity contribution in [2.45, 2.75) is 32.2 Å². The van der Waals surface area contributed by atoms with Gasteiger partial charge in [0, 0.05) is 52.0 Å². The minimum absolute atomic E-state index is 0.117. The summed E-state index contributed by atoms with van der Waals surface area (Å²) >= 11 is 0. The Morgan fingerprint density at radius 3 is 2.61 bits per heavy atom. The number of aromatic amines is 1. The molecule has 0 aliphatic carbocycles. The quantitative estimate of drug-likeness (QED) is 0.899. The number of anilines is 2. The van der Waals surface area contributed by atoms with Gasteiger partial charge in [0.15, 0.2) is 11.6 Å². The van der Waals surface area contributed by atoms with Crippen LogP contribution in [0.2, 0.25) is 0 Å². The SMILES string of the molecule is CCn1c(C2CCN(c3nccnc3N(C)C)CC2)n[nH]c1=O. The van der Waals surface area contributed by atoms with Crippen LogP contribution in [0.15, 0.2) is 17.2 Å². The molecule has 0 radical (unpaired) electrons. The molecule has 0 amide bonds. The Kier molecular flexibility index (Phi) is 4.31. The van der Waals surface area contributed by atoms with Gasteiger partial charge < -0.3 is 9.80 Å². The summed E-state index contributed by atoms with van der Waals surface area (Å²) in [5.74, 6) is 3.00. The lowest BCUT2D eigenvalue weighted by molar-refractivity contribution is 0.463. The molecule has 2 aromatic rings. The van der Waals surface area contributed by atoms with Crippen LogP contribution in [0.1, 0.15) is 31.5 Å². The van der Waals surface area contributed by atoms with E-state index in [2.05, 4.69) is 25.1 Å². The summed E-state index contributed by atoms with van der Waals surface area (Å²) in [4.78, 5) is 24.9. The van der Waals surface area contributed by atoms with Crippen LogP contribution < -0.4 is 15.5 Å². The largest absolute Gasteiger partial charge is 0.360 e. The molecule has 1 saturated heterocycles. The molecular formula is C15H23N7O. The number of hydrogen-bond acceptors (Lipinski definition) is 6. The fraction of sp³-hybridized carbons (Fsp3) is 0.600. The Morgan fingerprint density at radius 2 is 1.96 bits per heavy atom. The number of piperidine rings is 1. The second-order valence-electron chi connectivity index (χ2n) is 5.99. The van der Waals surface area contributed by atoms with Crippen molar-refractivity contribution in [3.05, 3.63) is 28.7 Å². The van der Waals surface area contributed by atoms with E-state index in [1.807, 2.05) is 25.9 Å². The molecule has 0 aromatic carbocycles. The van der Waals surface area contributed by atoms with Crippen molar-refractivity contribution >= 4 is 11.6 Å². The van der Waals surface area contributed by atoms with Crippen LogP contribution >= 0.6 is 0 Å². The first-order chi connectivity index (χ1) is 11.1. The monoisotopic (exact) mass is 317 g/mol. The lowest BCUT2D eigenvalue weighted by Crippen LogP contribution is -2.35. The van der Waals surface area contributed by atoms with Crippen LogP contribution in [0.4, 0.5) is 11.6 Å². The summed E-state index contributed by atoms with van der Waals surface area (Å²) in [7, 11) is 3.95. The molecule has 3 rings (SSSR count). The van der Waals surface area contributed by atoms with E-state index in [0.29, 0.717) is 12.5 Å². The number of rotatable bonds is 4. The Balaban J connectivity index is 1.75. The summed E-state index contributed by atoms with van der Waals surface area (Å²) in [5.41, 5.74) is -0.117. The van der Waals surface area contributed by atoms with Gasteiger partial charge in [-0.25, -0.2) is 19.9 Å². The zero-order valence-corrected chi connectivity index (χ0v) is 13.9. The van der Waals surface area contributed by atoms with Crippen molar-refractivity contribution in [2.24, 2.45) is 0 Å². The minimum atomic E-state index is -0.117. The van der Waals surface area contributed by atoms with Gasteiger partial charge in [-0.1, -0.05) is 0 Å². The molecule has 3 heterocycles. The van der Waals surface area contributed by atoms with E-state index in [9.17, 15) is 4.79 Å². The summed E-state index contributed by atoms with van der Waals surface area (Å²) in [5, 5.41) is 6.79. The van der Waals surface area contributed by atoms with Crippen LogP contribution in [0.5, 0.6) is 0 Å². The van der Waals surface area contributed by atoms with Gasteiger partial charge in [-0.2, -0.15) is 5.10 Å². The Morgan fingerprint density at radius 1 is 1.26 bits per heavy atom. The number of nitrogens with one attached hydrogen (secondary N) is 1. The Hall–Kier alpha value is -2.38. The predicted octanol–water partition coefficient (Wildman–Crippen LogP) is 0.831. The van der Waals surface area contributed by atoms with Crippen molar-refractivity contribution < 1.29 is 0 Å². The van der Waals surface area contributed by atoms with Crippen LogP contribution in [0, 0.1) is 0 Å². The molecule has 0 atom stereocenters. The highest BCUT2D eigenvalue weighted by molar-refractivity contribution is 5.61. The standard InChI is InChI=1S/C15H23N7O/c1-4-22-12(18-19-15(22)23)11-5-9-21(10-6-11)14-13(20(2)3)16-7-8-17-14/h7-8,11H,4-6,9-10H2,1-3H3,(H,19,23). The molecule has 1 fully saturated rings. The molecular weight excluding hydrogens is 294 g/mol. The van der Waals surface area contributed by atoms with E-state index < -0.39 is 0 Å². The highest BCUT2D eigenvalue weighted by Gasteiger charge is 2.27. The van der Waals surface area contributed by atoms with Gasteiger partial charge >= 0.3 is 5.69 Å². The Bertz CT molecular complexity index is 713. The van der Waals surface area contributed by atoms with Gasteiger partial charge in [0.2, 0.25) is 0 Å². The van der Waals surface area contributed by atoms with Crippen LogP contribution in [-0.2, 0) is 6.54 Å². The molecule has 1 N–H and O–H groups in total. The van der Waals surface area contributed by atoms with Gasteiger partial charge in [0.05, 0.1) is 0 Å². The molecule has 0 spiro atoms. The second kappa shape index (κ2) is 6.39. The number of aromatic nitrogens is 5. The fourth-order valence-electron chi connectivity index (χ4n) is 3.16. The first-order valence-corrected chi connectivity index (χ1v) is 8.00. The van der Waals surface area contributed by atoms with E-state index in [1.54, 1.807) is 17.0 Å². The average molecular weight is 317 g/mol. The van der Waals surface area contributed by atoms with E-state index in [-0.39, 0.29) is 5.69 Å². The molecule has 1 aliphatic heterocycles. The third-order valence-corrected chi connectivity index (χ3v) is 4.35. The summed E-state index contributed by atoms with van der Waals surface area (Å²) in [6.07, 6.45) is 5.35. The zero-order valence-electron chi connectivity index (χ0n) is 13.9. The summed E-state index contributed by atoms with van der Waals surface area (Å²) < 4.78 is 1.73. The maximum absolute atomic E-state index is 11.7. The molecule has 8 nitrogen and oxygen atoms in total. The average Bonchev–Trinajstić information content (AvgIpc) is 2.95. The number of H-pyrrole nitrogens is 1. The van der Waals surface area contributed by atoms with E-state index in [1.165, 1.54) is 0 Å². The highest BCUT2D eigenvalue weighted by Crippen LogP contribution is 2.31. The number of nitrogens with zero attached hydrogens (tertiary/aromatic N) is 6. The molecule has 0 bridgehead atoms. The van der Waals surface area contributed by atoms with Crippen molar-refractivity contribution in [3.8, 4) is 0 Å². The van der Waals surface area contributed by atoms with E-state index in [4.69, 9.17) is 0 Å². The normalized spacial score (nSPS) is 15.9. The molecule has 1 aliphatic rings. The van der Waals surface area contributed by atoms with Gasteiger partial charge in [0.1, 0.15) is 5.82 Å². The smallest absolute Gasteiger partial charge is 0.343 e. The lowest BCUT2D eigenvalue weighted by atomic mass is 9.96. The van der Waals surface area contributed by atoms with Gasteiger partial charge in [0.25, 0.3) is 0 Å². The topological polar surface area (TPSA) is 82.9 Å². The minimum Gasteiger partial charge on any atom is -0.360 e. The Labute approximate surface area is 135 Å². The molecule has 0 unspecified atom stereocenters. The summed E-state index contributed by atoms with van der Waals surface area (Å²) in [6.45, 7) is 4.39. The first kappa shape index (κ1) is 15.5. The predicted molar refractivity (Wildman–Crippen MR) is 89.1 cm³/mol. The van der Waals surface area contributed by atoms with Crippen LogP contribution in [-0.4, -0.2) is 51.9 Å².